The molecule has 230 valence electrons. The fourth-order valence-electron chi connectivity index (χ4n) is 4.95. The molecule has 0 aromatic carbocycles. The zero-order chi connectivity index (χ0) is 31.6. The maximum atomic E-state index is 13.5. The number of methoxy groups -OCH3 is 2. The molecule has 6 atom stereocenters. The Hall–Kier alpha value is -3.80. The van der Waals surface area contributed by atoms with Crippen LogP contribution in [0.25, 0.3) is 0 Å². The van der Waals surface area contributed by atoms with Gasteiger partial charge >= 0.3 is 6.09 Å². The highest BCUT2D eigenvalue weighted by molar-refractivity contribution is 6.23. The van der Waals surface area contributed by atoms with Gasteiger partial charge in [0.05, 0.1) is 23.6 Å². The van der Waals surface area contributed by atoms with Gasteiger partial charge in [-0.2, -0.15) is 0 Å². The van der Waals surface area contributed by atoms with E-state index in [2.05, 4.69) is 17.2 Å². The number of allylic oxidation sites excluding steroid dienone is 4. The van der Waals surface area contributed by atoms with E-state index in [9.17, 15) is 24.3 Å². The number of primary amides is 1. The summed E-state index contributed by atoms with van der Waals surface area (Å²) in [5.41, 5.74) is 6.42. The van der Waals surface area contributed by atoms with E-state index < -0.39 is 53.9 Å². The summed E-state index contributed by atoms with van der Waals surface area (Å²) in [6.45, 7) is 10.9. The number of amides is 2. The molecular formula is C31H43N3O8. The van der Waals surface area contributed by atoms with Crippen LogP contribution in [0.4, 0.5) is 4.79 Å². The van der Waals surface area contributed by atoms with Crippen LogP contribution in [-0.2, 0) is 28.6 Å². The number of ether oxygens (including phenoxy) is 3. The Balaban J connectivity index is 2.62. The molecule has 1 aliphatic carbocycles. The molecule has 11 nitrogen and oxygen atoms in total. The van der Waals surface area contributed by atoms with Crippen LogP contribution in [0.3, 0.4) is 0 Å². The number of fused-ring (bicyclic) bond motifs is 2. The Morgan fingerprint density at radius 1 is 1.21 bits per heavy atom. The third-order valence-corrected chi connectivity index (χ3v) is 7.22. The molecule has 1 heterocycles. The molecule has 0 spiro atoms. The van der Waals surface area contributed by atoms with Crippen LogP contribution < -0.4 is 16.4 Å². The van der Waals surface area contributed by atoms with Gasteiger partial charge in [-0.1, -0.05) is 44.2 Å². The summed E-state index contributed by atoms with van der Waals surface area (Å²) in [4.78, 5) is 51.3. The van der Waals surface area contributed by atoms with Crippen LogP contribution in [0.2, 0.25) is 0 Å². The smallest absolute Gasteiger partial charge is 0.405 e. The lowest BCUT2D eigenvalue weighted by atomic mass is 9.85. The summed E-state index contributed by atoms with van der Waals surface area (Å²) in [7, 11) is 2.92. The van der Waals surface area contributed by atoms with Gasteiger partial charge in [-0.15, -0.1) is 6.58 Å². The van der Waals surface area contributed by atoms with Gasteiger partial charge in [-0.3, -0.25) is 14.4 Å². The molecular weight excluding hydrogens is 542 g/mol. The normalized spacial score (nSPS) is 30.4. The number of aliphatic hydroxyl groups is 1. The number of hydrogen-bond donors (Lipinski definition) is 4. The Morgan fingerprint density at radius 3 is 2.50 bits per heavy atom. The summed E-state index contributed by atoms with van der Waals surface area (Å²) in [6.07, 6.45) is 5.34. The molecule has 5 N–H and O–H groups in total. The van der Waals surface area contributed by atoms with Crippen molar-refractivity contribution in [3.05, 3.63) is 71.1 Å². The minimum atomic E-state index is -1.00. The topological polar surface area (TPSA) is 166 Å². The van der Waals surface area contributed by atoms with Crippen molar-refractivity contribution in [1.29, 1.82) is 0 Å². The monoisotopic (exact) mass is 585 g/mol. The SMILES string of the molecule is C=CCNC1=C2C[C@@H](C)C[C@H](OC)C(O)[C@@H](C)C=C(C)[C@H](OC(N)=O)[C@@H](OC)/C=C\C=C(/C)C(=O)NC(=CC1=O)C2=O. The van der Waals surface area contributed by atoms with Crippen molar-refractivity contribution in [2.24, 2.45) is 17.6 Å². The Morgan fingerprint density at radius 2 is 1.90 bits per heavy atom. The zero-order valence-electron chi connectivity index (χ0n) is 25.1. The number of rotatable bonds is 6. The van der Waals surface area contributed by atoms with E-state index >= 15 is 0 Å². The zero-order valence-corrected chi connectivity index (χ0v) is 25.1. The van der Waals surface area contributed by atoms with Crippen molar-refractivity contribution in [3.8, 4) is 0 Å². The average Bonchev–Trinajstić information content (AvgIpc) is 2.94. The molecule has 11 heteroatoms. The van der Waals surface area contributed by atoms with Gasteiger partial charge < -0.3 is 35.7 Å². The first-order valence-corrected chi connectivity index (χ1v) is 13.8. The summed E-state index contributed by atoms with van der Waals surface area (Å²) in [5, 5.41) is 16.7. The first-order chi connectivity index (χ1) is 19.8. The quantitative estimate of drug-likeness (QED) is 0.271. The number of aliphatic hydroxyl groups excluding tert-OH is 1. The van der Waals surface area contributed by atoms with Gasteiger partial charge in [0.1, 0.15) is 6.10 Å². The fraction of sp³-hybridized carbons (Fsp3) is 0.484. The van der Waals surface area contributed by atoms with Gasteiger partial charge in [-0.25, -0.2) is 4.79 Å². The Labute approximate surface area is 247 Å². The minimum Gasteiger partial charge on any atom is -0.439 e. The first-order valence-electron chi connectivity index (χ1n) is 13.8. The number of hydrogen-bond acceptors (Lipinski definition) is 9. The molecule has 2 aliphatic rings. The second-order valence-corrected chi connectivity index (χ2v) is 10.6. The van der Waals surface area contributed by atoms with Crippen LogP contribution in [0.5, 0.6) is 0 Å². The third-order valence-electron chi connectivity index (χ3n) is 7.22. The second-order valence-electron chi connectivity index (χ2n) is 10.6. The summed E-state index contributed by atoms with van der Waals surface area (Å²) >= 11 is 0. The van der Waals surface area contributed by atoms with E-state index in [1.807, 2.05) is 6.92 Å². The highest BCUT2D eigenvalue weighted by atomic mass is 16.6. The molecule has 2 rings (SSSR count). The van der Waals surface area contributed by atoms with E-state index in [1.165, 1.54) is 20.3 Å². The molecule has 0 saturated heterocycles. The molecule has 0 radical (unpaired) electrons. The number of nitrogens with one attached hydrogen (secondary N) is 2. The standard InChI is InChI=1S/C31H43N3O8/c1-8-12-33-26-21-13-17(2)14-25(41-7)27(36)19(4)15-20(5)29(42-31(32)39)24(40-6)11-9-10-18(3)30(38)34-22(28(21)37)16-23(26)35/h8-11,15-17,19,24-25,27,29,33,36H,1,12-14H2,2-7H3,(H2,32,39)(H,34,38)/b11-9-,18-10+,20-15?/t17-,19+,24+,25+,27?,29+/m1/s1. The lowest BCUT2D eigenvalue weighted by Gasteiger charge is -2.30. The molecule has 2 amide bonds. The molecule has 42 heavy (non-hydrogen) atoms. The second kappa shape index (κ2) is 16.0. The molecule has 0 fully saturated rings. The summed E-state index contributed by atoms with van der Waals surface area (Å²) in [5.74, 6) is -2.14. The average molecular weight is 586 g/mol. The maximum Gasteiger partial charge on any atom is 0.405 e. The van der Waals surface area contributed by atoms with Crippen molar-refractivity contribution in [1.82, 2.24) is 10.6 Å². The number of ketones is 2. The van der Waals surface area contributed by atoms with Crippen molar-refractivity contribution >= 4 is 23.6 Å². The van der Waals surface area contributed by atoms with Crippen LogP contribution in [0.1, 0.15) is 40.5 Å². The number of carbonyl (C=O) groups is 4. The predicted molar refractivity (Wildman–Crippen MR) is 158 cm³/mol. The van der Waals surface area contributed by atoms with Gasteiger partial charge in [0, 0.05) is 43.9 Å². The number of nitrogens with two attached hydrogens (primary N) is 1. The number of carbonyl (C=O) groups excluding carboxylic acids is 4. The van der Waals surface area contributed by atoms with E-state index in [0.717, 1.165) is 6.08 Å². The van der Waals surface area contributed by atoms with Gasteiger partial charge in [0.15, 0.2) is 6.10 Å². The lowest BCUT2D eigenvalue weighted by molar-refractivity contribution is -0.120. The van der Waals surface area contributed by atoms with E-state index in [4.69, 9.17) is 19.9 Å². The largest absolute Gasteiger partial charge is 0.439 e. The van der Waals surface area contributed by atoms with E-state index in [1.54, 1.807) is 45.1 Å². The van der Waals surface area contributed by atoms with Crippen molar-refractivity contribution in [2.45, 2.75) is 65.0 Å². The third kappa shape index (κ3) is 9.10. The Bertz CT molecular complexity index is 1210. The van der Waals surface area contributed by atoms with Crippen LogP contribution in [-0.4, -0.2) is 73.9 Å². The van der Waals surface area contributed by atoms with E-state index in [-0.39, 0.29) is 41.4 Å². The van der Waals surface area contributed by atoms with Crippen molar-refractivity contribution in [3.63, 3.8) is 0 Å². The summed E-state index contributed by atoms with van der Waals surface area (Å²) < 4.78 is 16.6. The minimum absolute atomic E-state index is 0.132. The van der Waals surface area contributed by atoms with Crippen LogP contribution in [0, 0.1) is 11.8 Å². The molecule has 2 bridgehead atoms. The Kier molecular flexibility index (Phi) is 13.1. The molecule has 0 aromatic rings. The summed E-state index contributed by atoms with van der Waals surface area (Å²) in [6, 6.07) is 0. The van der Waals surface area contributed by atoms with Gasteiger partial charge in [0.25, 0.3) is 5.91 Å². The molecule has 1 unspecified atom stereocenters. The maximum absolute atomic E-state index is 13.5. The number of Topliss-reactive ketones (excluding diaryl/α,β-unsaturated/α-hetero) is 1. The van der Waals surface area contributed by atoms with Gasteiger partial charge in [0.2, 0.25) is 11.6 Å². The van der Waals surface area contributed by atoms with Crippen molar-refractivity contribution < 1.29 is 38.5 Å². The molecule has 1 aliphatic heterocycles. The van der Waals surface area contributed by atoms with Crippen molar-refractivity contribution in [2.75, 3.05) is 20.8 Å². The molecule has 0 aromatic heterocycles. The lowest BCUT2D eigenvalue weighted by Crippen LogP contribution is -2.37. The first kappa shape index (κ1) is 34.4. The van der Waals surface area contributed by atoms with E-state index in [0.29, 0.717) is 12.0 Å². The predicted octanol–water partition coefficient (Wildman–Crippen LogP) is 2.54. The molecule has 0 saturated carbocycles. The fourth-order valence-corrected chi connectivity index (χ4v) is 4.95. The van der Waals surface area contributed by atoms with Gasteiger partial charge in [-0.05, 0) is 38.2 Å². The van der Waals surface area contributed by atoms with Crippen LogP contribution >= 0.6 is 0 Å². The highest BCUT2D eigenvalue weighted by Crippen LogP contribution is 2.28. The highest BCUT2D eigenvalue weighted by Gasteiger charge is 2.33. The van der Waals surface area contributed by atoms with Crippen LogP contribution in [0.15, 0.2) is 71.1 Å².